The summed E-state index contributed by atoms with van der Waals surface area (Å²) in [5.41, 5.74) is 0. The summed E-state index contributed by atoms with van der Waals surface area (Å²) in [5.74, 6) is -1.17. The number of aliphatic carboxylic acids is 1. The number of carbonyl (C=O) groups is 2. The van der Waals surface area contributed by atoms with Crippen molar-refractivity contribution in [2.45, 2.75) is 0 Å². The second-order valence-corrected chi connectivity index (χ2v) is 1.60. The van der Waals surface area contributed by atoms with E-state index >= 15 is 0 Å². The smallest absolute Gasteiger partial charge is 0.416 e. The van der Waals surface area contributed by atoms with Crippen molar-refractivity contribution in [2.24, 2.45) is 0 Å². The fourth-order valence-corrected chi connectivity index (χ4v) is 0.310. The van der Waals surface area contributed by atoms with Crippen LogP contribution in [0.5, 0.6) is 0 Å². The number of rotatable bonds is 2. The zero-order valence-corrected chi connectivity index (χ0v) is 6.41. The Morgan fingerprint density at radius 3 is 2.56 bits per heavy atom. The Balaban J connectivity index is 3.28. The monoisotopic (exact) mass is 245 g/mol. The van der Waals surface area contributed by atoms with Crippen LogP contribution in [0, 0.1) is 0 Å². The summed E-state index contributed by atoms with van der Waals surface area (Å²) in [5, 5.41) is 7.95. The first-order chi connectivity index (χ1) is 4.16. The molecule has 0 unspecified atom stereocenters. The van der Waals surface area contributed by atoms with Crippen molar-refractivity contribution in [3.63, 3.8) is 0 Å². The van der Waals surface area contributed by atoms with Crippen LogP contribution in [0.3, 0.4) is 0 Å². The topological polar surface area (TPSA) is 75.6 Å². The standard InChI is InChI=1S/C3H4INO4/c4-5-3(8)9-1-2(6)7/h1H2,(H,5,8)(H,6,7). The number of halogens is 1. The fraction of sp³-hybridized carbons (Fsp3) is 0.333. The van der Waals surface area contributed by atoms with Gasteiger partial charge in [-0.2, -0.15) is 0 Å². The molecule has 0 aromatic rings. The highest BCUT2D eigenvalue weighted by atomic mass is 127. The predicted octanol–water partition coefficient (Wildman–Crippen LogP) is 0.147. The zero-order valence-electron chi connectivity index (χ0n) is 4.26. The maximum atomic E-state index is 10.1. The second-order valence-electron chi connectivity index (χ2n) is 1.06. The molecule has 0 radical (unpaired) electrons. The third-order valence-corrected chi connectivity index (χ3v) is 0.844. The van der Waals surface area contributed by atoms with E-state index in [1.807, 2.05) is 0 Å². The van der Waals surface area contributed by atoms with Gasteiger partial charge in [0.05, 0.1) is 22.9 Å². The van der Waals surface area contributed by atoms with Gasteiger partial charge >= 0.3 is 12.1 Å². The van der Waals surface area contributed by atoms with E-state index in [0.717, 1.165) is 0 Å². The maximum Gasteiger partial charge on any atom is 0.416 e. The lowest BCUT2D eigenvalue weighted by Gasteiger charge is -1.96. The quantitative estimate of drug-likeness (QED) is 0.536. The van der Waals surface area contributed by atoms with Crippen LogP contribution < -0.4 is 3.53 Å². The number of carbonyl (C=O) groups excluding carboxylic acids is 1. The molecule has 0 saturated carbocycles. The molecule has 2 N–H and O–H groups in total. The van der Waals surface area contributed by atoms with Crippen LogP contribution >= 0.6 is 22.9 Å². The summed E-state index contributed by atoms with van der Waals surface area (Å²) < 4.78 is 6.16. The van der Waals surface area contributed by atoms with Gasteiger partial charge in [0.15, 0.2) is 6.61 Å². The van der Waals surface area contributed by atoms with Gasteiger partial charge in [0.2, 0.25) is 0 Å². The minimum Gasteiger partial charge on any atom is -0.479 e. The average molecular weight is 245 g/mol. The number of nitrogens with one attached hydrogen (secondary N) is 1. The highest BCUT2D eigenvalue weighted by Crippen LogP contribution is 1.79. The van der Waals surface area contributed by atoms with Crippen molar-refractivity contribution in [2.75, 3.05) is 6.61 Å². The van der Waals surface area contributed by atoms with E-state index < -0.39 is 18.7 Å². The normalized spacial score (nSPS) is 8.11. The third-order valence-electron chi connectivity index (χ3n) is 0.404. The van der Waals surface area contributed by atoms with Gasteiger partial charge in [-0.05, 0) is 0 Å². The molecule has 0 aliphatic rings. The molecule has 0 spiro atoms. The van der Waals surface area contributed by atoms with Crippen molar-refractivity contribution in [3.8, 4) is 0 Å². The number of hydrogen-bond donors (Lipinski definition) is 2. The summed E-state index contributed by atoms with van der Waals surface area (Å²) in [7, 11) is 0. The Labute approximate surface area is 64.9 Å². The van der Waals surface area contributed by atoms with E-state index in [4.69, 9.17) is 5.11 Å². The molecule has 0 aromatic carbocycles. The van der Waals surface area contributed by atoms with Crippen LogP contribution in [0.25, 0.3) is 0 Å². The van der Waals surface area contributed by atoms with E-state index in [9.17, 15) is 9.59 Å². The van der Waals surface area contributed by atoms with E-state index in [-0.39, 0.29) is 0 Å². The van der Waals surface area contributed by atoms with Crippen molar-refractivity contribution < 1.29 is 19.4 Å². The lowest BCUT2D eigenvalue weighted by atomic mass is 10.7. The summed E-state index contributed by atoms with van der Waals surface area (Å²) >= 11 is 1.54. The molecule has 0 bridgehead atoms. The van der Waals surface area contributed by atoms with Crippen LogP contribution in [0.1, 0.15) is 0 Å². The molecule has 0 aromatic heterocycles. The molecule has 5 nitrogen and oxygen atoms in total. The van der Waals surface area contributed by atoms with Gasteiger partial charge in [0.25, 0.3) is 0 Å². The molecule has 0 saturated heterocycles. The number of hydrogen-bond acceptors (Lipinski definition) is 3. The molecule has 0 rings (SSSR count). The van der Waals surface area contributed by atoms with Gasteiger partial charge in [-0.25, -0.2) is 9.59 Å². The van der Waals surface area contributed by atoms with Gasteiger partial charge < -0.3 is 9.84 Å². The first-order valence-corrected chi connectivity index (χ1v) is 3.00. The van der Waals surface area contributed by atoms with Crippen molar-refractivity contribution >= 4 is 34.9 Å². The lowest BCUT2D eigenvalue weighted by molar-refractivity contribution is -0.140. The minimum atomic E-state index is -1.17. The van der Waals surface area contributed by atoms with Gasteiger partial charge in [0, 0.05) is 0 Å². The van der Waals surface area contributed by atoms with Crippen LogP contribution in [-0.4, -0.2) is 23.8 Å². The molecule has 0 atom stereocenters. The summed E-state index contributed by atoms with van der Waals surface area (Å²) in [4.78, 5) is 19.8. The van der Waals surface area contributed by atoms with Gasteiger partial charge in [-0.15, -0.1) is 0 Å². The van der Waals surface area contributed by atoms with E-state index in [1.165, 1.54) is 0 Å². The largest absolute Gasteiger partial charge is 0.479 e. The maximum absolute atomic E-state index is 10.1. The predicted molar refractivity (Wildman–Crippen MR) is 36.1 cm³/mol. The molecule has 0 aliphatic carbocycles. The minimum absolute atomic E-state index is 0.602. The van der Waals surface area contributed by atoms with E-state index in [2.05, 4.69) is 8.27 Å². The number of amides is 1. The first kappa shape index (κ1) is 8.47. The molecule has 6 heteroatoms. The number of ether oxygens (including phenoxy) is 1. The molecule has 1 amide bonds. The van der Waals surface area contributed by atoms with E-state index in [0.29, 0.717) is 0 Å². The van der Waals surface area contributed by atoms with E-state index in [1.54, 1.807) is 22.9 Å². The molecular formula is C3H4INO4. The highest BCUT2D eigenvalue weighted by molar-refractivity contribution is 14.1. The van der Waals surface area contributed by atoms with Crippen molar-refractivity contribution in [3.05, 3.63) is 0 Å². The lowest BCUT2D eigenvalue weighted by Crippen LogP contribution is -2.18. The molecule has 0 fully saturated rings. The van der Waals surface area contributed by atoms with Gasteiger partial charge in [-0.1, -0.05) is 0 Å². The number of carboxylic acids is 1. The summed E-state index contributed by atoms with van der Waals surface area (Å²) in [6.45, 7) is -0.602. The third kappa shape index (κ3) is 5.34. The second kappa shape index (κ2) is 4.36. The van der Waals surface area contributed by atoms with Crippen LogP contribution in [0.15, 0.2) is 0 Å². The van der Waals surface area contributed by atoms with Crippen molar-refractivity contribution in [1.29, 1.82) is 0 Å². The van der Waals surface area contributed by atoms with Crippen molar-refractivity contribution in [1.82, 2.24) is 3.53 Å². The Hall–Kier alpha value is -0.530. The Bertz CT molecular complexity index is 125. The summed E-state index contributed by atoms with van der Waals surface area (Å²) in [6.07, 6.45) is -0.752. The van der Waals surface area contributed by atoms with Crippen LogP contribution in [0.4, 0.5) is 4.79 Å². The molecule has 9 heavy (non-hydrogen) atoms. The van der Waals surface area contributed by atoms with Gasteiger partial charge in [0.1, 0.15) is 0 Å². The Morgan fingerprint density at radius 1 is 1.67 bits per heavy atom. The molecule has 0 heterocycles. The highest BCUT2D eigenvalue weighted by Gasteiger charge is 2.01. The SMILES string of the molecule is O=C(O)COC(=O)NI. The number of carboxylic acid groups (broad SMARTS) is 1. The Kier molecular flexibility index (Phi) is 4.10. The molecule has 52 valence electrons. The zero-order chi connectivity index (χ0) is 7.28. The fourth-order valence-electron chi connectivity index (χ4n) is 0.155. The van der Waals surface area contributed by atoms with Crippen LogP contribution in [0.2, 0.25) is 0 Å². The van der Waals surface area contributed by atoms with Gasteiger partial charge in [-0.3, -0.25) is 3.53 Å². The average Bonchev–Trinajstić information content (AvgIpc) is 1.83. The molecular weight excluding hydrogens is 241 g/mol. The first-order valence-electron chi connectivity index (χ1n) is 1.92. The summed E-state index contributed by atoms with van der Waals surface area (Å²) in [6, 6.07) is 0. The molecule has 0 aliphatic heterocycles. The Morgan fingerprint density at radius 2 is 2.22 bits per heavy atom. The van der Waals surface area contributed by atoms with Crippen LogP contribution in [-0.2, 0) is 9.53 Å².